The molecule has 5 rings (SSSR count). The molecule has 12 heteroatoms. The van der Waals surface area contributed by atoms with E-state index in [4.69, 9.17) is 13.9 Å². The van der Waals surface area contributed by atoms with Gasteiger partial charge in [-0.25, -0.2) is 0 Å². The third-order valence-electron chi connectivity index (χ3n) is 6.74. The van der Waals surface area contributed by atoms with Crippen molar-refractivity contribution >= 4 is 11.0 Å². The predicted octanol–water partition coefficient (Wildman–Crippen LogP) is 1.05. The molecule has 8 N–H and O–H groups in total. The normalized spacial score (nSPS) is 22.9. The summed E-state index contributed by atoms with van der Waals surface area (Å²) in [6.07, 6.45) is -8.08. The maximum absolute atomic E-state index is 13.2. The Bertz CT molecular complexity index is 1580. The standard InChI is InChI=1S/C28H26O12/c29-11-19-22(33)24(35)26(37)28(40-19)39-17-10-18-20(21(32)16(17)9-12-1-5-14(30)6-2-12)23(34)25(36)27(38-18)13-3-7-15(31)8-4-13/h1-8,10,19,22,24,26,28-33,35-37H,9,11H2. The Morgan fingerprint density at radius 2 is 1.43 bits per heavy atom. The van der Waals surface area contributed by atoms with E-state index < -0.39 is 54.2 Å². The Labute approximate surface area is 225 Å². The Morgan fingerprint density at radius 1 is 0.800 bits per heavy atom. The smallest absolute Gasteiger partial charge is 0.238 e. The molecular weight excluding hydrogens is 528 g/mol. The molecule has 1 saturated heterocycles. The average molecular weight is 555 g/mol. The highest BCUT2D eigenvalue weighted by molar-refractivity contribution is 5.90. The molecule has 5 atom stereocenters. The van der Waals surface area contributed by atoms with Crippen LogP contribution in [0.2, 0.25) is 0 Å². The zero-order chi connectivity index (χ0) is 28.7. The minimum absolute atomic E-state index is 0.00315. The second kappa shape index (κ2) is 10.7. The number of aliphatic hydroxyl groups excluding tert-OH is 4. The van der Waals surface area contributed by atoms with Gasteiger partial charge >= 0.3 is 0 Å². The molecular formula is C28H26O12. The van der Waals surface area contributed by atoms with Crippen molar-refractivity contribution in [2.45, 2.75) is 37.1 Å². The molecule has 4 aromatic rings. The fourth-order valence-electron chi connectivity index (χ4n) is 4.53. The van der Waals surface area contributed by atoms with Crippen LogP contribution in [0.4, 0.5) is 0 Å². The molecule has 0 aliphatic carbocycles. The molecule has 1 aliphatic rings. The molecule has 0 spiro atoms. The van der Waals surface area contributed by atoms with Crippen LogP contribution in [0.15, 0.2) is 63.8 Å². The van der Waals surface area contributed by atoms with Crippen LogP contribution in [0.25, 0.3) is 22.3 Å². The molecule has 12 nitrogen and oxygen atoms in total. The van der Waals surface area contributed by atoms with E-state index in [-0.39, 0.29) is 51.5 Å². The number of ether oxygens (including phenoxy) is 2. The van der Waals surface area contributed by atoms with Gasteiger partial charge in [0.05, 0.1) is 6.61 Å². The van der Waals surface area contributed by atoms with Gasteiger partial charge in [0.1, 0.15) is 58.4 Å². The number of phenolic OH excluding ortho intramolecular Hbond substituents is 3. The lowest BCUT2D eigenvalue weighted by atomic mass is 9.98. The van der Waals surface area contributed by atoms with Gasteiger partial charge in [0.2, 0.25) is 17.5 Å². The molecule has 0 amide bonds. The van der Waals surface area contributed by atoms with Crippen LogP contribution < -0.4 is 10.2 Å². The molecule has 40 heavy (non-hydrogen) atoms. The van der Waals surface area contributed by atoms with E-state index in [2.05, 4.69) is 0 Å². The lowest BCUT2D eigenvalue weighted by molar-refractivity contribution is -0.277. The first-order valence-electron chi connectivity index (χ1n) is 12.2. The summed E-state index contributed by atoms with van der Waals surface area (Å²) in [6.45, 7) is -0.696. The van der Waals surface area contributed by atoms with Crippen molar-refractivity contribution in [1.29, 1.82) is 0 Å². The van der Waals surface area contributed by atoms with Gasteiger partial charge < -0.3 is 54.7 Å². The zero-order valence-electron chi connectivity index (χ0n) is 20.7. The minimum atomic E-state index is -1.77. The molecule has 210 valence electrons. The highest BCUT2D eigenvalue weighted by Gasteiger charge is 2.45. The summed E-state index contributed by atoms with van der Waals surface area (Å²) >= 11 is 0. The van der Waals surface area contributed by atoms with Crippen molar-refractivity contribution in [3.8, 4) is 40.1 Å². The number of hydrogen-bond donors (Lipinski definition) is 8. The minimum Gasteiger partial charge on any atom is -0.508 e. The van der Waals surface area contributed by atoms with Gasteiger partial charge in [-0.2, -0.15) is 0 Å². The summed E-state index contributed by atoms with van der Waals surface area (Å²) in [5.74, 6) is -1.84. The van der Waals surface area contributed by atoms with Crippen LogP contribution >= 0.6 is 0 Å². The van der Waals surface area contributed by atoms with Gasteiger partial charge in [0, 0.05) is 23.6 Å². The van der Waals surface area contributed by atoms with Crippen molar-refractivity contribution in [1.82, 2.24) is 0 Å². The number of rotatable bonds is 6. The van der Waals surface area contributed by atoms with Crippen LogP contribution in [0, 0.1) is 0 Å². The first-order chi connectivity index (χ1) is 19.1. The maximum Gasteiger partial charge on any atom is 0.238 e. The molecule has 1 aliphatic heterocycles. The second-order valence-electron chi connectivity index (χ2n) is 9.39. The van der Waals surface area contributed by atoms with Crippen molar-refractivity contribution in [3.63, 3.8) is 0 Å². The van der Waals surface area contributed by atoms with Crippen molar-refractivity contribution in [3.05, 3.63) is 75.9 Å². The van der Waals surface area contributed by atoms with E-state index in [0.29, 0.717) is 5.56 Å². The summed E-state index contributed by atoms with van der Waals surface area (Å²) in [5.41, 5.74) is -0.330. The molecule has 5 unspecified atom stereocenters. The summed E-state index contributed by atoms with van der Waals surface area (Å²) in [5, 5.41) is 81.2. The van der Waals surface area contributed by atoms with Gasteiger partial charge in [0.15, 0.2) is 5.76 Å². The zero-order valence-corrected chi connectivity index (χ0v) is 20.7. The second-order valence-corrected chi connectivity index (χ2v) is 9.39. The summed E-state index contributed by atoms with van der Waals surface area (Å²) in [7, 11) is 0. The third-order valence-corrected chi connectivity index (χ3v) is 6.74. The largest absolute Gasteiger partial charge is 0.508 e. The fraction of sp³-hybridized carbons (Fsp3) is 0.250. The number of phenols is 3. The quantitative estimate of drug-likeness (QED) is 0.168. The van der Waals surface area contributed by atoms with E-state index in [0.717, 1.165) is 0 Å². The molecule has 0 radical (unpaired) electrons. The van der Waals surface area contributed by atoms with Crippen LogP contribution in [0.1, 0.15) is 11.1 Å². The number of aliphatic hydroxyl groups is 4. The monoisotopic (exact) mass is 554 g/mol. The highest BCUT2D eigenvalue weighted by atomic mass is 16.7. The van der Waals surface area contributed by atoms with Crippen LogP contribution in [0.5, 0.6) is 28.7 Å². The van der Waals surface area contributed by atoms with Crippen LogP contribution in [-0.4, -0.2) is 78.2 Å². The number of aromatic hydroxyl groups is 4. The molecule has 0 bridgehead atoms. The Kier molecular flexibility index (Phi) is 7.27. The van der Waals surface area contributed by atoms with Gasteiger partial charge in [0.25, 0.3) is 0 Å². The van der Waals surface area contributed by atoms with Gasteiger partial charge in [-0.15, -0.1) is 0 Å². The molecule has 2 heterocycles. The number of hydrogen-bond acceptors (Lipinski definition) is 12. The first kappa shape index (κ1) is 27.2. The van der Waals surface area contributed by atoms with Crippen molar-refractivity contribution in [2.24, 2.45) is 0 Å². The summed E-state index contributed by atoms with van der Waals surface area (Å²) in [6, 6.07) is 12.6. The van der Waals surface area contributed by atoms with Crippen molar-refractivity contribution < 1.29 is 54.7 Å². The Balaban J connectivity index is 1.67. The average Bonchev–Trinajstić information content (AvgIpc) is 2.94. The Morgan fingerprint density at radius 3 is 2.05 bits per heavy atom. The lowest BCUT2D eigenvalue weighted by Gasteiger charge is -2.39. The van der Waals surface area contributed by atoms with Gasteiger partial charge in [-0.1, -0.05) is 12.1 Å². The highest BCUT2D eigenvalue weighted by Crippen LogP contribution is 2.41. The molecule has 0 saturated carbocycles. The third kappa shape index (κ3) is 4.90. The lowest BCUT2D eigenvalue weighted by Crippen LogP contribution is -2.60. The Hall–Kier alpha value is -4.33. The maximum atomic E-state index is 13.2. The van der Waals surface area contributed by atoms with E-state index in [1.165, 1.54) is 42.5 Å². The van der Waals surface area contributed by atoms with E-state index in [1.54, 1.807) is 12.1 Å². The first-order valence-corrected chi connectivity index (χ1v) is 12.2. The molecule has 3 aromatic carbocycles. The fourth-order valence-corrected chi connectivity index (χ4v) is 4.53. The summed E-state index contributed by atoms with van der Waals surface area (Å²) in [4.78, 5) is 13.2. The van der Waals surface area contributed by atoms with E-state index >= 15 is 0 Å². The summed E-state index contributed by atoms with van der Waals surface area (Å²) < 4.78 is 17.1. The predicted molar refractivity (Wildman–Crippen MR) is 138 cm³/mol. The van der Waals surface area contributed by atoms with Crippen LogP contribution in [-0.2, 0) is 11.2 Å². The number of benzene rings is 3. The van der Waals surface area contributed by atoms with E-state index in [9.17, 15) is 45.6 Å². The SMILES string of the molecule is O=c1c(O)c(-c2ccc(O)cc2)oc2cc(OC3OC(CO)C(O)C(O)C3O)c(Cc3ccc(O)cc3)c(O)c12. The van der Waals surface area contributed by atoms with Crippen molar-refractivity contribution in [2.75, 3.05) is 6.61 Å². The van der Waals surface area contributed by atoms with Gasteiger partial charge in [-0.05, 0) is 42.0 Å². The number of fused-ring (bicyclic) bond motifs is 1. The van der Waals surface area contributed by atoms with Crippen LogP contribution in [0.3, 0.4) is 0 Å². The molecule has 1 fully saturated rings. The van der Waals surface area contributed by atoms with E-state index in [1.807, 2.05) is 0 Å². The van der Waals surface area contributed by atoms with Gasteiger partial charge in [-0.3, -0.25) is 4.79 Å². The topological polar surface area (TPSA) is 211 Å². The molecule has 1 aromatic heterocycles.